The Hall–Kier alpha value is -2.54. The Balaban J connectivity index is 1.68. The third-order valence-electron chi connectivity index (χ3n) is 4.15. The number of hydrogen-bond acceptors (Lipinski definition) is 4. The summed E-state index contributed by atoms with van der Waals surface area (Å²) in [7, 11) is 3.19. The van der Waals surface area contributed by atoms with Crippen LogP contribution in [0.3, 0.4) is 0 Å². The summed E-state index contributed by atoms with van der Waals surface area (Å²) < 4.78 is 6.55. The molecule has 1 aromatic heterocycles. The maximum Gasteiger partial charge on any atom is 0.339 e. The van der Waals surface area contributed by atoms with E-state index in [1.54, 1.807) is 12.3 Å². The first-order valence-electron chi connectivity index (χ1n) is 7.92. The smallest absolute Gasteiger partial charge is 0.339 e. The van der Waals surface area contributed by atoms with Crippen LogP contribution in [0.5, 0.6) is 0 Å². The topological polar surface area (TPSA) is 85.2 Å². The molecule has 25 heavy (non-hydrogen) atoms. The number of aromatic nitrogens is 2. The minimum atomic E-state index is -0.524. The number of benzene rings is 1. The maximum absolute atomic E-state index is 12.4. The zero-order chi connectivity index (χ0) is 18.0. The number of nitrogens with zero attached hydrogens (tertiary/aromatic N) is 2. The molecule has 1 aliphatic rings. The fraction of sp³-hybridized carbons (Fsp3) is 0.353. The summed E-state index contributed by atoms with van der Waals surface area (Å²) in [5.74, 6) is 0.707. The summed E-state index contributed by atoms with van der Waals surface area (Å²) in [6.07, 6.45) is 5.71. The van der Waals surface area contributed by atoms with Crippen LogP contribution in [-0.2, 0) is 11.8 Å². The number of nitrogens with one attached hydrogen (secondary N) is 2. The molecule has 1 saturated carbocycles. The van der Waals surface area contributed by atoms with Gasteiger partial charge in [-0.15, -0.1) is 0 Å². The van der Waals surface area contributed by atoms with Gasteiger partial charge >= 0.3 is 12.0 Å². The Morgan fingerprint density at radius 3 is 2.72 bits per heavy atom. The van der Waals surface area contributed by atoms with Gasteiger partial charge in [-0.1, -0.05) is 11.6 Å². The predicted octanol–water partition coefficient (Wildman–Crippen LogP) is 3.13. The number of anilines is 1. The molecule has 2 amide bonds. The first-order chi connectivity index (χ1) is 12.0. The summed E-state index contributed by atoms with van der Waals surface area (Å²) in [5, 5.41) is 5.92. The Kier molecular flexibility index (Phi) is 4.94. The lowest BCUT2D eigenvalue weighted by Gasteiger charge is -2.18. The third kappa shape index (κ3) is 3.93. The Bertz CT molecular complexity index is 801. The molecule has 1 fully saturated rings. The van der Waals surface area contributed by atoms with Crippen molar-refractivity contribution in [1.82, 2.24) is 14.9 Å². The highest BCUT2D eigenvalue weighted by atomic mass is 35.5. The van der Waals surface area contributed by atoms with Crippen molar-refractivity contribution in [2.75, 3.05) is 12.4 Å². The average Bonchev–Trinajstić information content (AvgIpc) is 3.33. The van der Waals surface area contributed by atoms with Gasteiger partial charge in [0.1, 0.15) is 5.82 Å². The van der Waals surface area contributed by atoms with Crippen molar-refractivity contribution in [3.8, 4) is 0 Å². The summed E-state index contributed by atoms with van der Waals surface area (Å²) in [4.78, 5) is 28.2. The Labute approximate surface area is 150 Å². The number of carbonyl (C=O) groups excluding carboxylic acids is 2. The van der Waals surface area contributed by atoms with E-state index in [0.717, 1.165) is 18.7 Å². The molecule has 3 rings (SSSR count). The Morgan fingerprint density at radius 1 is 1.40 bits per heavy atom. The van der Waals surface area contributed by atoms with Crippen molar-refractivity contribution < 1.29 is 14.3 Å². The molecule has 0 unspecified atom stereocenters. The fourth-order valence-corrected chi connectivity index (χ4v) is 2.93. The lowest BCUT2D eigenvalue weighted by Crippen LogP contribution is -2.35. The average molecular weight is 363 g/mol. The van der Waals surface area contributed by atoms with Gasteiger partial charge in [0.25, 0.3) is 0 Å². The Morgan fingerprint density at radius 2 is 2.16 bits per heavy atom. The van der Waals surface area contributed by atoms with E-state index in [1.165, 1.54) is 19.2 Å². The van der Waals surface area contributed by atoms with E-state index in [4.69, 9.17) is 11.6 Å². The third-order valence-corrected chi connectivity index (χ3v) is 4.46. The van der Waals surface area contributed by atoms with Crippen LogP contribution in [0.25, 0.3) is 0 Å². The van der Waals surface area contributed by atoms with Crippen molar-refractivity contribution >= 4 is 29.3 Å². The molecule has 1 aliphatic carbocycles. The van der Waals surface area contributed by atoms with Gasteiger partial charge in [0.05, 0.1) is 23.7 Å². The number of aryl methyl sites for hydroxylation is 1. The molecule has 8 heteroatoms. The minimum absolute atomic E-state index is 0.134. The second-order valence-corrected chi connectivity index (χ2v) is 6.40. The van der Waals surface area contributed by atoms with Crippen molar-refractivity contribution in [2.45, 2.75) is 18.9 Å². The van der Waals surface area contributed by atoms with E-state index in [1.807, 2.05) is 17.8 Å². The minimum Gasteiger partial charge on any atom is -0.465 e. The largest absolute Gasteiger partial charge is 0.465 e. The monoisotopic (exact) mass is 362 g/mol. The number of ether oxygens (including phenoxy) is 1. The second-order valence-electron chi connectivity index (χ2n) is 6.00. The molecule has 0 aliphatic heterocycles. The number of esters is 1. The number of carbonyl (C=O) groups is 2. The highest BCUT2D eigenvalue weighted by molar-refractivity contribution is 6.33. The first kappa shape index (κ1) is 17.3. The van der Waals surface area contributed by atoms with Gasteiger partial charge in [0.15, 0.2) is 0 Å². The summed E-state index contributed by atoms with van der Waals surface area (Å²) in [6, 6.07) is 4.15. The molecular weight excluding hydrogens is 344 g/mol. The highest BCUT2D eigenvalue weighted by Crippen LogP contribution is 2.40. The van der Waals surface area contributed by atoms with Crippen LogP contribution in [0, 0.1) is 5.92 Å². The number of methoxy groups -OCH3 is 1. The summed E-state index contributed by atoms with van der Waals surface area (Å²) >= 11 is 6.07. The van der Waals surface area contributed by atoms with Gasteiger partial charge in [-0.05, 0) is 37.0 Å². The zero-order valence-corrected chi connectivity index (χ0v) is 14.7. The highest BCUT2D eigenvalue weighted by Gasteiger charge is 2.35. The van der Waals surface area contributed by atoms with Gasteiger partial charge in [0.2, 0.25) is 0 Å². The quantitative estimate of drug-likeness (QED) is 0.800. The number of imidazole rings is 1. The SMILES string of the molecule is COC(=O)c1ccc(NC(=O)N[C@H](c2nccn2C)C2CC2)cc1Cl. The van der Waals surface area contributed by atoms with E-state index in [-0.39, 0.29) is 22.7 Å². The number of urea groups is 1. The number of halogens is 1. The second kappa shape index (κ2) is 7.14. The van der Waals surface area contributed by atoms with E-state index < -0.39 is 5.97 Å². The number of rotatable bonds is 5. The van der Waals surface area contributed by atoms with Gasteiger partial charge < -0.3 is 19.9 Å². The summed E-state index contributed by atoms with van der Waals surface area (Å²) in [6.45, 7) is 0. The molecule has 2 aromatic rings. The maximum atomic E-state index is 12.4. The molecule has 0 saturated heterocycles. The lowest BCUT2D eigenvalue weighted by atomic mass is 10.1. The molecule has 7 nitrogen and oxygen atoms in total. The fourth-order valence-electron chi connectivity index (χ4n) is 2.68. The van der Waals surface area contributed by atoms with Gasteiger partial charge in [-0.25, -0.2) is 14.6 Å². The van der Waals surface area contributed by atoms with Gasteiger partial charge in [-0.2, -0.15) is 0 Å². The van der Waals surface area contributed by atoms with Crippen LogP contribution in [0.2, 0.25) is 5.02 Å². The van der Waals surface area contributed by atoms with Gasteiger partial charge in [-0.3, -0.25) is 0 Å². The molecule has 1 atom stereocenters. The zero-order valence-electron chi connectivity index (χ0n) is 14.0. The van der Waals surface area contributed by atoms with Crippen LogP contribution < -0.4 is 10.6 Å². The summed E-state index contributed by atoms with van der Waals surface area (Å²) in [5.41, 5.74) is 0.739. The van der Waals surface area contributed by atoms with Crippen molar-refractivity contribution in [1.29, 1.82) is 0 Å². The normalized spacial score (nSPS) is 14.7. The van der Waals surface area contributed by atoms with Crippen molar-refractivity contribution in [3.63, 3.8) is 0 Å². The van der Waals surface area contributed by atoms with Crippen molar-refractivity contribution in [3.05, 3.63) is 47.0 Å². The van der Waals surface area contributed by atoms with Crippen LogP contribution in [-0.4, -0.2) is 28.7 Å². The first-order valence-corrected chi connectivity index (χ1v) is 8.30. The molecule has 1 heterocycles. The van der Waals surface area contributed by atoms with E-state index in [9.17, 15) is 9.59 Å². The van der Waals surface area contributed by atoms with Crippen LogP contribution >= 0.6 is 11.6 Å². The number of amides is 2. The molecular formula is C17H19ClN4O3. The predicted molar refractivity (Wildman–Crippen MR) is 93.6 cm³/mol. The van der Waals surface area contributed by atoms with E-state index in [2.05, 4.69) is 20.4 Å². The van der Waals surface area contributed by atoms with Crippen LogP contribution in [0.15, 0.2) is 30.6 Å². The molecule has 0 bridgehead atoms. The standard InChI is InChI=1S/C17H19ClN4O3/c1-22-8-7-19-15(22)14(10-3-4-10)21-17(24)20-11-5-6-12(13(18)9-11)16(23)25-2/h5-10,14H,3-4H2,1-2H3,(H2,20,21,24)/t14-/m0/s1. The van der Waals surface area contributed by atoms with E-state index in [0.29, 0.717) is 11.6 Å². The molecule has 2 N–H and O–H groups in total. The molecule has 132 valence electrons. The molecule has 0 radical (unpaired) electrons. The lowest BCUT2D eigenvalue weighted by molar-refractivity contribution is 0.0601. The van der Waals surface area contributed by atoms with Gasteiger partial charge in [0, 0.05) is 25.1 Å². The number of hydrogen-bond donors (Lipinski definition) is 2. The molecule has 0 spiro atoms. The van der Waals surface area contributed by atoms with E-state index >= 15 is 0 Å². The van der Waals surface area contributed by atoms with Crippen molar-refractivity contribution in [2.24, 2.45) is 13.0 Å². The molecule has 1 aromatic carbocycles. The van der Waals surface area contributed by atoms with Crippen LogP contribution in [0.1, 0.15) is 35.1 Å². The van der Waals surface area contributed by atoms with Crippen LogP contribution in [0.4, 0.5) is 10.5 Å².